The van der Waals surface area contributed by atoms with Crippen molar-refractivity contribution in [2.75, 3.05) is 5.32 Å². The van der Waals surface area contributed by atoms with Crippen LogP contribution in [0.5, 0.6) is 5.75 Å². The molecular weight excluding hydrogens is 352 g/mol. The molecule has 0 saturated heterocycles. The Balaban J connectivity index is 1.61. The summed E-state index contributed by atoms with van der Waals surface area (Å²) in [6.07, 6.45) is -1.01. The SMILES string of the molecule is C[C@@H](OC(=O)c1cccc(O)c1)C(=O)Nc1nc(-c2ccccc2)cs1. The van der Waals surface area contributed by atoms with Crippen LogP contribution in [0.1, 0.15) is 17.3 Å². The number of aromatic hydroxyl groups is 1. The third kappa shape index (κ3) is 4.25. The number of carbonyl (C=O) groups excluding carboxylic acids is 2. The van der Waals surface area contributed by atoms with E-state index < -0.39 is 18.0 Å². The number of benzene rings is 2. The lowest BCUT2D eigenvalue weighted by molar-refractivity contribution is -0.123. The van der Waals surface area contributed by atoms with Crippen LogP contribution in [0.3, 0.4) is 0 Å². The number of nitrogens with one attached hydrogen (secondary N) is 1. The van der Waals surface area contributed by atoms with Crippen LogP contribution in [0.25, 0.3) is 11.3 Å². The highest BCUT2D eigenvalue weighted by atomic mass is 32.1. The number of rotatable bonds is 5. The minimum Gasteiger partial charge on any atom is -0.508 e. The summed E-state index contributed by atoms with van der Waals surface area (Å²) in [5.41, 5.74) is 1.88. The molecule has 0 fully saturated rings. The second-order valence-electron chi connectivity index (χ2n) is 5.49. The molecule has 1 atom stereocenters. The third-order valence-electron chi connectivity index (χ3n) is 3.54. The predicted molar refractivity (Wildman–Crippen MR) is 99.2 cm³/mol. The average molecular weight is 368 g/mol. The summed E-state index contributed by atoms with van der Waals surface area (Å²) in [6, 6.07) is 15.4. The van der Waals surface area contributed by atoms with E-state index in [0.29, 0.717) is 5.13 Å². The molecule has 0 aliphatic rings. The van der Waals surface area contributed by atoms with Crippen molar-refractivity contribution in [3.63, 3.8) is 0 Å². The number of carbonyl (C=O) groups is 2. The third-order valence-corrected chi connectivity index (χ3v) is 4.30. The fourth-order valence-electron chi connectivity index (χ4n) is 2.19. The van der Waals surface area contributed by atoms with Gasteiger partial charge in [0.2, 0.25) is 0 Å². The first-order valence-corrected chi connectivity index (χ1v) is 8.73. The molecule has 0 aliphatic carbocycles. The van der Waals surface area contributed by atoms with Gasteiger partial charge in [-0.3, -0.25) is 10.1 Å². The van der Waals surface area contributed by atoms with Crippen LogP contribution in [0, 0.1) is 0 Å². The van der Waals surface area contributed by atoms with Crippen molar-refractivity contribution in [2.24, 2.45) is 0 Å². The molecule has 0 spiro atoms. The Morgan fingerprint density at radius 2 is 1.92 bits per heavy atom. The van der Waals surface area contributed by atoms with E-state index in [2.05, 4.69) is 10.3 Å². The Bertz CT molecular complexity index is 924. The Hall–Kier alpha value is -3.19. The topological polar surface area (TPSA) is 88.5 Å². The minimum absolute atomic E-state index is 0.0484. The zero-order chi connectivity index (χ0) is 18.5. The van der Waals surface area contributed by atoms with E-state index in [1.807, 2.05) is 35.7 Å². The largest absolute Gasteiger partial charge is 0.508 e. The molecule has 0 unspecified atom stereocenters. The molecule has 26 heavy (non-hydrogen) atoms. The number of thiazole rings is 1. The molecule has 3 rings (SSSR count). The van der Waals surface area contributed by atoms with Gasteiger partial charge in [-0.2, -0.15) is 0 Å². The molecular formula is C19H16N2O4S. The molecule has 1 amide bonds. The summed E-state index contributed by atoms with van der Waals surface area (Å²) in [7, 11) is 0. The molecule has 6 nitrogen and oxygen atoms in total. The van der Waals surface area contributed by atoms with Gasteiger partial charge in [0.15, 0.2) is 11.2 Å². The molecule has 2 aromatic carbocycles. The van der Waals surface area contributed by atoms with Gasteiger partial charge in [0.1, 0.15) is 5.75 Å². The molecule has 0 saturated carbocycles. The van der Waals surface area contributed by atoms with Crippen molar-refractivity contribution in [3.05, 3.63) is 65.5 Å². The van der Waals surface area contributed by atoms with Crippen molar-refractivity contribution in [2.45, 2.75) is 13.0 Å². The number of nitrogens with zero attached hydrogens (tertiary/aromatic N) is 1. The Kier molecular flexibility index (Phi) is 5.28. The van der Waals surface area contributed by atoms with Crippen LogP contribution in [0.15, 0.2) is 60.0 Å². The molecule has 3 aromatic rings. The van der Waals surface area contributed by atoms with Gasteiger partial charge >= 0.3 is 5.97 Å². The molecule has 7 heteroatoms. The highest BCUT2D eigenvalue weighted by molar-refractivity contribution is 7.14. The van der Waals surface area contributed by atoms with Crippen LogP contribution >= 0.6 is 11.3 Å². The van der Waals surface area contributed by atoms with Crippen LogP contribution in [-0.4, -0.2) is 28.1 Å². The number of amides is 1. The lowest BCUT2D eigenvalue weighted by Crippen LogP contribution is -2.29. The van der Waals surface area contributed by atoms with E-state index >= 15 is 0 Å². The van der Waals surface area contributed by atoms with Gasteiger partial charge in [-0.25, -0.2) is 9.78 Å². The van der Waals surface area contributed by atoms with E-state index in [4.69, 9.17) is 4.74 Å². The van der Waals surface area contributed by atoms with Crippen LogP contribution < -0.4 is 5.32 Å². The fraction of sp³-hybridized carbons (Fsp3) is 0.105. The summed E-state index contributed by atoms with van der Waals surface area (Å²) in [4.78, 5) is 28.6. The first kappa shape index (κ1) is 17.6. The Morgan fingerprint density at radius 1 is 1.15 bits per heavy atom. The standard InChI is InChI=1S/C19H16N2O4S/c1-12(25-18(24)14-8-5-9-15(22)10-14)17(23)21-19-20-16(11-26-19)13-6-3-2-4-7-13/h2-12,22H,1H3,(H,20,21,23)/t12-/m1/s1. The van der Waals surface area contributed by atoms with Gasteiger partial charge < -0.3 is 9.84 Å². The molecule has 0 bridgehead atoms. The van der Waals surface area contributed by atoms with Crippen molar-refractivity contribution in [1.82, 2.24) is 4.98 Å². The zero-order valence-electron chi connectivity index (χ0n) is 13.9. The summed E-state index contributed by atoms with van der Waals surface area (Å²) in [5.74, 6) is -1.21. The van der Waals surface area contributed by atoms with Crippen molar-refractivity contribution < 1.29 is 19.4 Å². The van der Waals surface area contributed by atoms with Crippen LogP contribution in [-0.2, 0) is 9.53 Å². The highest BCUT2D eigenvalue weighted by Gasteiger charge is 2.20. The summed E-state index contributed by atoms with van der Waals surface area (Å²) >= 11 is 1.29. The zero-order valence-corrected chi connectivity index (χ0v) is 14.7. The van der Waals surface area contributed by atoms with Crippen molar-refractivity contribution in [3.8, 4) is 17.0 Å². The van der Waals surface area contributed by atoms with Gasteiger partial charge in [-0.05, 0) is 25.1 Å². The number of aromatic nitrogens is 1. The molecule has 132 valence electrons. The highest BCUT2D eigenvalue weighted by Crippen LogP contribution is 2.24. The second kappa shape index (κ2) is 7.79. The van der Waals surface area contributed by atoms with Gasteiger partial charge in [-0.1, -0.05) is 36.4 Å². The van der Waals surface area contributed by atoms with Gasteiger partial charge in [-0.15, -0.1) is 11.3 Å². The molecule has 0 radical (unpaired) electrons. The monoisotopic (exact) mass is 368 g/mol. The average Bonchev–Trinajstić information content (AvgIpc) is 3.11. The maximum Gasteiger partial charge on any atom is 0.339 e. The van der Waals surface area contributed by atoms with E-state index in [9.17, 15) is 14.7 Å². The number of hydrogen-bond donors (Lipinski definition) is 2. The quantitative estimate of drug-likeness (QED) is 0.671. The number of esters is 1. The summed E-state index contributed by atoms with van der Waals surface area (Å²) in [6.45, 7) is 1.47. The molecule has 0 aliphatic heterocycles. The smallest absolute Gasteiger partial charge is 0.339 e. The number of hydrogen-bond acceptors (Lipinski definition) is 6. The summed E-state index contributed by atoms with van der Waals surface area (Å²) < 4.78 is 5.13. The summed E-state index contributed by atoms with van der Waals surface area (Å²) in [5, 5.41) is 14.3. The van der Waals surface area contributed by atoms with E-state index in [-0.39, 0.29) is 11.3 Å². The Morgan fingerprint density at radius 3 is 2.65 bits per heavy atom. The second-order valence-corrected chi connectivity index (χ2v) is 6.35. The van der Waals surface area contributed by atoms with Crippen LogP contribution in [0.2, 0.25) is 0 Å². The number of anilines is 1. The van der Waals surface area contributed by atoms with Gasteiger partial charge in [0.25, 0.3) is 5.91 Å². The maximum atomic E-state index is 12.2. The fourth-order valence-corrected chi connectivity index (χ4v) is 2.92. The normalized spacial score (nSPS) is 11.6. The van der Waals surface area contributed by atoms with E-state index in [1.54, 1.807) is 0 Å². The first-order chi connectivity index (χ1) is 12.5. The van der Waals surface area contributed by atoms with Crippen molar-refractivity contribution >= 4 is 28.3 Å². The Labute approximate surface area is 154 Å². The lowest BCUT2D eigenvalue weighted by atomic mass is 10.2. The van der Waals surface area contributed by atoms with Gasteiger partial charge in [0, 0.05) is 10.9 Å². The van der Waals surface area contributed by atoms with Crippen molar-refractivity contribution in [1.29, 1.82) is 0 Å². The minimum atomic E-state index is -1.01. The van der Waals surface area contributed by atoms with Gasteiger partial charge in [0.05, 0.1) is 11.3 Å². The predicted octanol–water partition coefficient (Wildman–Crippen LogP) is 3.70. The molecule has 2 N–H and O–H groups in total. The maximum absolute atomic E-state index is 12.2. The molecule has 1 aromatic heterocycles. The van der Waals surface area contributed by atoms with E-state index in [0.717, 1.165) is 11.3 Å². The number of phenols is 1. The van der Waals surface area contributed by atoms with Crippen LogP contribution in [0.4, 0.5) is 5.13 Å². The number of phenolic OH excluding ortho intramolecular Hbond substituents is 1. The number of ether oxygens (including phenoxy) is 1. The van der Waals surface area contributed by atoms with E-state index in [1.165, 1.54) is 42.5 Å². The lowest BCUT2D eigenvalue weighted by Gasteiger charge is -2.12. The molecule has 1 heterocycles. The first-order valence-electron chi connectivity index (χ1n) is 7.85.